The number of methoxy groups -OCH3 is 1. The minimum Gasteiger partial charge on any atom is -0.497 e. The zero-order valence-corrected chi connectivity index (χ0v) is 15.7. The van der Waals surface area contributed by atoms with Gasteiger partial charge >= 0.3 is 0 Å². The molecule has 1 N–H and O–H groups in total. The van der Waals surface area contributed by atoms with Crippen LogP contribution in [0, 0.1) is 5.92 Å². The van der Waals surface area contributed by atoms with Gasteiger partial charge in [0, 0.05) is 34.2 Å². The second kappa shape index (κ2) is 9.80. The number of carbonyl (C=O) groups is 1. The molecule has 0 atom stereocenters. The highest BCUT2D eigenvalue weighted by molar-refractivity contribution is 5.84. The van der Waals surface area contributed by atoms with Crippen molar-refractivity contribution in [3.63, 3.8) is 0 Å². The summed E-state index contributed by atoms with van der Waals surface area (Å²) in [6.45, 7) is 5.92. The zero-order valence-electron chi connectivity index (χ0n) is 15.7. The van der Waals surface area contributed by atoms with Gasteiger partial charge in [-0.05, 0) is 23.6 Å². The lowest BCUT2D eigenvalue weighted by molar-refractivity contribution is -0.127. The molecule has 0 radical (unpaired) electrons. The largest absolute Gasteiger partial charge is 0.497 e. The molecule has 0 unspecified atom stereocenters. The van der Waals surface area contributed by atoms with E-state index in [-0.39, 0.29) is 12.5 Å². The smallest absolute Gasteiger partial charge is 0.243 e. The number of hydrogen-bond donors (Lipinski definition) is 1. The van der Waals surface area contributed by atoms with Crippen molar-refractivity contribution in [3.8, 4) is 5.75 Å². The van der Waals surface area contributed by atoms with E-state index in [0.29, 0.717) is 12.5 Å². The molecule has 0 aliphatic carbocycles. The average Bonchev–Trinajstić information content (AvgIpc) is 2.54. The van der Waals surface area contributed by atoms with Crippen LogP contribution in [-0.4, -0.2) is 63.0 Å². The van der Waals surface area contributed by atoms with Crippen molar-refractivity contribution >= 4 is 11.9 Å². The molecule has 6 heteroatoms. The van der Waals surface area contributed by atoms with Crippen molar-refractivity contribution in [1.82, 2.24) is 15.1 Å². The van der Waals surface area contributed by atoms with Crippen molar-refractivity contribution in [2.24, 2.45) is 10.9 Å². The van der Waals surface area contributed by atoms with Crippen LogP contribution in [-0.2, 0) is 11.3 Å². The molecule has 0 heterocycles. The van der Waals surface area contributed by atoms with E-state index in [1.165, 1.54) is 0 Å². The molecule has 24 heavy (non-hydrogen) atoms. The summed E-state index contributed by atoms with van der Waals surface area (Å²) in [4.78, 5) is 19.8. The molecule has 1 rings (SSSR count). The second-order valence-electron chi connectivity index (χ2n) is 6.41. The van der Waals surface area contributed by atoms with Crippen LogP contribution in [0.15, 0.2) is 29.3 Å². The molecule has 0 aromatic heterocycles. The third-order valence-electron chi connectivity index (χ3n) is 3.47. The second-order valence-corrected chi connectivity index (χ2v) is 6.41. The highest BCUT2D eigenvalue weighted by Crippen LogP contribution is 2.12. The van der Waals surface area contributed by atoms with E-state index >= 15 is 0 Å². The average molecular weight is 334 g/mol. The first kappa shape index (κ1) is 19.8. The Hall–Kier alpha value is -2.24. The van der Waals surface area contributed by atoms with Crippen LogP contribution in [0.4, 0.5) is 0 Å². The van der Waals surface area contributed by atoms with Crippen molar-refractivity contribution in [1.29, 1.82) is 0 Å². The van der Waals surface area contributed by atoms with Gasteiger partial charge < -0.3 is 19.9 Å². The van der Waals surface area contributed by atoms with Gasteiger partial charge in [0.15, 0.2) is 5.96 Å². The summed E-state index contributed by atoms with van der Waals surface area (Å²) in [5.74, 6) is 2.05. The number of guanidine groups is 1. The summed E-state index contributed by atoms with van der Waals surface area (Å²) in [7, 11) is 7.10. The number of benzene rings is 1. The number of likely N-dealkylation sites (N-methyl/N-ethyl adjacent to an activating group) is 1. The Bertz CT molecular complexity index is 538. The monoisotopic (exact) mass is 334 g/mol. The van der Waals surface area contributed by atoms with Crippen LogP contribution < -0.4 is 10.1 Å². The van der Waals surface area contributed by atoms with Crippen molar-refractivity contribution in [2.75, 3.05) is 41.3 Å². The first-order valence-corrected chi connectivity index (χ1v) is 8.16. The number of amides is 1. The molecule has 134 valence electrons. The van der Waals surface area contributed by atoms with Crippen LogP contribution in [0.3, 0.4) is 0 Å². The maximum atomic E-state index is 11.8. The van der Waals surface area contributed by atoms with E-state index in [0.717, 1.165) is 23.8 Å². The van der Waals surface area contributed by atoms with Crippen LogP contribution in [0.25, 0.3) is 0 Å². The molecule has 0 aliphatic heterocycles. The molecule has 0 spiro atoms. The molecular weight excluding hydrogens is 304 g/mol. The summed E-state index contributed by atoms with van der Waals surface area (Å²) < 4.78 is 5.18. The predicted octanol–water partition coefficient (Wildman–Crippen LogP) is 1.82. The van der Waals surface area contributed by atoms with E-state index in [1.807, 2.05) is 36.2 Å². The molecule has 1 aromatic rings. The molecule has 1 aromatic carbocycles. The van der Waals surface area contributed by atoms with Crippen LogP contribution in [0.2, 0.25) is 0 Å². The minimum atomic E-state index is -0.0169. The Labute approximate surface area is 145 Å². The first-order chi connectivity index (χ1) is 11.3. The molecule has 0 bridgehead atoms. The Kier molecular flexibility index (Phi) is 8.09. The van der Waals surface area contributed by atoms with E-state index < -0.39 is 0 Å². The lowest BCUT2D eigenvalue weighted by Crippen LogP contribution is -2.41. The lowest BCUT2D eigenvalue weighted by atomic mass is 10.2. The van der Waals surface area contributed by atoms with Gasteiger partial charge in [-0.3, -0.25) is 4.79 Å². The normalized spacial score (nSPS) is 11.4. The van der Waals surface area contributed by atoms with Crippen LogP contribution in [0.1, 0.15) is 19.4 Å². The molecule has 1 amide bonds. The topological polar surface area (TPSA) is 57.2 Å². The van der Waals surface area contributed by atoms with Gasteiger partial charge in [0.1, 0.15) is 12.3 Å². The highest BCUT2D eigenvalue weighted by atomic mass is 16.5. The number of nitrogens with zero attached hydrogens (tertiary/aromatic N) is 3. The summed E-state index contributed by atoms with van der Waals surface area (Å²) >= 11 is 0. The third-order valence-corrected chi connectivity index (χ3v) is 3.47. The number of nitrogens with one attached hydrogen (secondary N) is 1. The number of carbonyl (C=O) groups excluding carboxylic acids is 1. The first-order valence-electron chi connectivity index (χ1n) is 8.16. The lowest BCUT2D eigenvalue weighted by Gasteiger charge is -2.23. The van der Waals surface area contributed by atoms with Gasteiger partial charge in [0.2, 0.25) is 5.91 Å². The van der Waals surface area contributed by atoms with Crippen molar-refractivity contribution < 1.29 is 9.53 Å². The Balaban J connectivity index is 2.78. The number of rotatable bonds is 7. The molecule has 0 saturated carbocycles. The van der Waals surface area contributed by atoms with E-state index in [1.54, 1.807) is 26.1 Å². The number of hydrogen-bond acceptors (Lipinski definition) is 3. The molecule has 6 nitrogen and oxygen atoms in total. The van der Waals surface area contributed by atoms with Crippen molar-refractivity contribution in [3.05, 3.63) is 29.8 Å². The number of aliphatic imine (C=N–C) groups is 1. The van der Waals surface area contributed by atoms with Gasteiger partial charge in [0.25, 0.3) is 0 Å². The van der Waals surface area contributed by atoms with Gasteiger partial charge in [-0.25, -0.2) is 4.99 Å². The Morgan fingerprint density at radius 1 is 1.21 bits per heavy atom. The fraction of sp³-hybridized carbons (Fsp3) is 0.556. The molecule has 0 aliphatic rings. The standard InChI is InChI=1S/C18H30N4O2/c1-14(2)11-19-18(20-12-17(23)21(3)4)22(5)13-15-7-9-16(24-6)10-8-15/h7-10,14H,11-13H2,1-6H3,(H,19,20). The van der Waals surface area contributed by atoms with Gasteiger partial charge in [-0.1, -0.05) is 26.0 Å². The summed E-state index contributed by atoms with van der Waals surface area (Å²) in [6, 6.07) is 7.94. The Morgan fingerprint density at radius 3 is 2.33 bits per heavy atom. The summed E-state index contributed by atoms with van der Waals surface area (Å²) in [6.07, 6.45) is 0. The summed E-state index contributed by atoms with van der Waals surface area (Å²) in [5, 5.41) is 3.34. The van der Waals surface area contributed by atoms with Gasteiger partial charge in [-0.2, -0.15) is 0 Å². The van der Waals surface area contributed by atoms with E-state index in [2.05, 4.69) is 24.2 Å². The fourth-order valence-corrected chi connectivity index (χ4v) is 1.97. The van der Waals surface area contributed by atoms with Crippen molar-refractivity contribution in [2.45, 2.75) is 20.4 Å². The van der Waals surface area contributed by atoms with E-state index in [9.17, 15) is 4.79 Å². The Morgan fingerprint density at radius 2 is 1.83 bits per heavy atom. The van der Waals surface area contributed by atoms with Crippen LogP contribution in [0.5, 0.6) is 5.75 Å². The minimum absolute atomic E-state index is 0.0169. The van der Waals surface area contributed by atoms with Crippen LogP contribution >= 0.6 is 0 Å². The molecular formula is C18H30N4O2. The van der Waals surface area contributed by atoms with Gasteiger partial charge in [0.05, 0.1) is 7.11 Å². The molecule has 0 fully saturated rings. The maximum Gasteiger partial charge on any atom is 0.243 e. The van der Waals surface area contributed by atoms with E-state index in [4.69, 9.17) is 4.74 Å². The maximum absolute atomic E-state index is 11.8. The number of ether oxygens (including phenoxy) is 1. The SMILES string of the molecule is COc1ccc(CN(C)C(=NCC(=O)N(C)C)NCC(C)C)cc1. The van der Waals surface area contributed by atoms with Gasteiger partial charge in [-0.15, -0.1) is 0 Å². The zero-order chi connectivity index (χ0) is 18.1. The summed E-state index contributed by atoms with van der Waals surface area (Å²) in [5.41, 5.74) is 1.15. The highest BCUT2D eigenvalue weighted by Gasteiger charge is 2.10. The predicted molar refractivity (Wildman–Crippen MR) is 98.3 cm³/mol. The third kappa shape index (κ3) is 6.89. The quantitative estimate of drug-likeness (QED) is 0.610. The molecule has 0 saturated heterocycles. The fourth-order valence-electron chi connectivity index (χ4n) is 1.97.